The lowest BCUT2D eigenvalue weighted by molar-refractivity contribution is -0.110. The molecule has 0 fully saturated rings. The second-order valence-corrected chi connectivity index (χ2v) is 13.7. The number of ether oxygens (including phenoxy) is 3. The lowest BCUT2D eigenvalue weighted by Crippen LogP contribution is -2.41. The molecule has 0 aliphatic carbocycles. The van der Waals surface area contributed by atoms with Crippen molar-refractivity contribution in [3.8, 4) is 23.8 Å². The number of terminal acetylenes is 1. The minimum Gasteiger partial charge on any atom is -0.482 e. The minimum absolute atomic E-state index is 0.0415. The van der Waals surface area contributed by atoms with E-state index in [0.717, 1.165) is 29.9 Å². The molecule has 0 bridgehead atoms. The lowest BCUT2D eigenvalue weighted by atomic mass is 10.1. The van der Waals surface area contributed by atoms with Gasteiger partial charge in [-0.25, -0.2) is 0 Å². The Kier molecular flexibility index (Phi) is 10.00. The maximum absolute atomic E-state index is 12.0. The summed E-state index contributed by atoms with van der Waals surface area (Å²) in [7, 11) is 0.00483. The van der Waals surface area contributed by atoms with E-state index in [9.17, 15) is 4.79 Å². The van der Waals surface area contributed by atoms with Gasteiger partial charge < -0.3 is 14.2 Å². The Hall–Kier alpha value is -3.07. The number of aryl methyl sites for hydroxylation is 1. The number of ketones is 1. The van der Waals surface area contributed by atoms with Crippen molar-refractivity contribution < 1.29 is 19.0 Å². The Morgan fingerprint density at radius 3 is 2.28 bits per heavy atom. The second-order valence-electron chi connectivity index (χ2n) is 8.47. The molecule has 0 N–H and O–H groups in total. The third-order valence-electron chi connectivity index (χ3n) is 4.66. The summed E-state index contributed by atoms with van der Waals surface area (Å²) in [5.74, 6) is 4.25. The highest BCUT2D eigenvalue weighted by Gasteiger charge is 2.26. The smallest absolute Gasteiger partial charge is 0.188 e. The van der Waals surface area contributed by atoms with Crippen molar-refractivity contribution >= 4 is 19.9 Å². The molecule has 0 saturated carbocycles. The SMILES string of the molecule is C#CC(Oc1ccc(CCC=CC(=O)C=Cc2ccc(OCOC)cc2)cc1)[Si](C)(C)C. The summed E-state index contributed by atoms with van der Waals surface area (Å²) in [6.07, 6.45) is 14.1. The molecule has 168 valence electrons. The van der Waals surface area contributed by atoms with E-state index in [-0.39, 0.29) is 18.3 Å². The summed E-state index contributed by atoms with van der Waals surface area (Å²) in [6.45, 7) is 6.80. The average Bonchev–Trinajstić information content (AvgIpc) is 2.78. The molecule has 0 spiro atoms. The van der Waals surface area contributed by atoms with E-state index in [4.69, 9.17) is 20.6 Å². The van der Waals surface area contributed by atoms with Gasteiger partial charge in [-0.05, 0) is 60.4 Å². The Morgan fingerprint density at radius 2 is 1.69 bits per heavy atom. The largest absolute Gasteiger partial charge is 0.482 e. The van der Waals surface area contributed by atoms with E-state index >= 15 is 0 Å². The van der Waals surface area contributed by atoms with E-state index in [0.29, 0.717) is 0 Å². The lowest BCUT2D eigenvalue weighted by Gasteiger charge is -2.25. The van der Waals surface area contributed by atoms with Crippen LogP contribution in [0.4, 0.5) is 0 Å². The molecule has 0 saturated heterocycles. The zero-order chi connectivity index (χ0) is 23.4. The zero-order valence-electron chi connectivity index (χ0n) is 19.3. The standard InChI is InChI=1S/C27H32O4Si/c1-6-27(32(3,4)5)31-26-19-14-22(15-20-26)9-7-8-10-24(28)16-11-23-12-17-25(18-13-23)30-21-29-2/h1,8,10-20,27H,7,9,21H2,2-5H3. The molecule has 0 radical (unpaired) electrons. The van der Waals surface area contributed by atoms with Crippen molar-refractivity contribution in [2.75, 3.05) is 13.9 Å². The van der Waals surface area contributed by atoms with Gasteiger partial charge in [0.15, 0.2) is 12.6 Å². The van der Waals surface area contributed by atoms with Gasteiger partial charge in [-0.3, -0.25) is 4.79 Å². The molecular weight excluding hydrogens is 416 g/mol. The van der Waals surface area contributed by atoms with Crippen LogP contribution in [0, 0.1) is 12.3 Å². The third-order valence-corrected chi connectivity index (χ3v) is 6.52. The van der Waals surface area contributed by atoms with Crippen molar-refractivity contribution in [3.63, 3.8) is 0 Å². The van der Waals surface area contributed by atoms with Crippen molar-refractivity contribution in [1.29, 1.82) is 0 Å². The molecule has 1 unspecified atom stereocenters. The molecule has 0 amide bonds. The first-order valence-electron chi connectivity index (χ1n) is 10.6. The first kappa shape index (κ1) is 25.2. The average molecular weight is 449 g/mol. The van der Waals surface area contributed by atoms with Crippen LogP contribution in [0.15, 0.2) is 66.8 Å². The van der Waals surface area contributed by atoms with Crippen LogP contribution in [-0.4, -0.2) is 33.5 Å². The first-order chi connectivity index (χ1) is 15.3. The van der Waals surface area contributed by atoms with Crippen LogP contribution in [-0.2, 0) is 16.0 Å². The van der Waals surface area contributed by atoms with Gasteiger partial charge in [0, 0.05) is 7.11 Å². The normalized spacial score (nSPS) is 12.6. The minimum atomic E-state index is -1.57. The Morgan fingerprint density at radius 1 is 1.03 bits per heavy atom. The molecule has 2 rings (SSSR count). The highest BCUT2D eigenvalue weighted by Crippen LogP contribution is 2.19. The van der Waals surface area contributed by atoms with Gasteiger partial charge in [-0.1, -0.05) is 62.0 Å². The predicted octanol–water partition coefficient (Wildman–Crippen LogP) is 5.70. The highest BCUT2D eigenvalue weighted by molar-refractivity contribution is 6.78. The molecule has 1 atom stereocenters. The molecule has 0 aliphatic rings. The molecule has 5 heteroatoms. The van der Waals surface area contributed by atoms with Crippen LogP contribution in [0.2, 0.25) is 19.6 Å². The van der Waals surface area contributed by atoms with Crippen LogP contribution in [0.3, 0.4) is 0 Å². The first-order valence-corrected chi connectivity index (χ1v) is 14.2. The Labute approximate surface area is 192 Å². The van der Waals surface area contributed by atoms with E-state index in [1.54, 1.807) is 25.3 Å². The molecule has 2 aromatic carbocycles. The van der Waals surface area contributed by atoms with Crippen molar-refractivity contribution in [2.24, 2.45) is 0 Å². The van der Waals surface area contributed by atoms with Crippen molar-refractivity contribution in [3.05, 3.63) is 77.9 Å². The number of carbonyl (C=O) groups is 1. The number of allylic oxidation sites excluding steroid dienone is 3. The number of hydrogen-bond donors (Lipinski definition) is 0. The van der Waals surface area contributed by atoms with E-state index in [2.05, 4.69) is 25.6 Å². The second kappa shape index (κ2) is 12.7. The summed E-state index contributed by atoms with van der Waals surface area (Å²) >= 11 is 0. The van der Waals surface area contributed by atoms with E-state index < -0.39 is 8.07 Å². The van der Waals surface area contributed by atoms with Gasteiger partial charge in [0.25, 0.3) is 0 Å². The number of rotatable bonds is 12. The number of benzene rings is 2. The van der Waals surface area contributed by atoms with Gasteiger partial charge in [0.2, 0.25) is 0 Å². The fourth-order valence-corrected chi connectivity index (χ4v) is 3.81. The highest BCUT2D eigenvalue weighted by atomic mass is 28.3. The van der Waals surface area contributed by atoms with Gasteiger partial charge in [-0.2, -0.15) is 0 Å². The Balaban J connectivity index is 1.78. The predicted molar refractivity (Wildman–Crippen MR) is 133 cm³/mol. The van der Waals surface area contributed by atoms with Crippen molar-refractivity contribution in [1.82, 2.24) is 0 Å². The van der Waals surface area contributed by atoms with Crippen molar-refractivity contribution in [2.45, 2.75) is 38.2 Å². The fraction of sp³-hybridized carbons (Fsp3) is 0.296. The zero-order valence-corrected chi connectivity index (χ0v) is 20.3. The third kappa shape index (κ3) is 8.97. The molecule has 0 heterocycles. The summed E-state index contributed by atoms with van der Waals surface area (Å²) in [4.78, 5) is 12.0. The van der Waals surface area contributed by atoms with Gasteiger partial charge >= 0.3 is 0 Å². The number of methoxy groups -OCH3 is 1. The topological polar surface area (TPSA) is 44.8 Å². The maximum atomic E-state index is 12.0. The fourth-order valence-electron chi connectivity index (χ4n) is 2.82. The van der Waals surface area contributed by atoms with E-state index in [1.807, 2.05) is 54.6 Å². The quantitative estimate of drug-likeness (QED) is 0.181. The summed E-state index contributed by atoms with van der Waals surface area (Å²) in [5.41, 5.74) is 1.98. The summed E-state index contributed by atoms with van der Waals surface area (Å²) in [5, 5.41) is 0. The van der Waals surface area contributed by atoms with Crippen LogP contribution in [0.5, 0.6) is 11.5 Å². The molecule has 4 nitrogen and oxygen atoms in total. The monoisotopic (exact) mass is 448 g/mol. The molecule has 32 heavy (non-hydrogen) atoms. The van der Waals surface area contributed by atoms with Gasteiger partial charge in [0.1, 0.15) is 25.3 Å². The molecule has 0 aliphatic heterocycles. The number of carbonyl (C=O) groups excluding carboxylic acids is 1. The maximum Gasteiger partial charge on any atom is 0.188 e. The molecule has 2 aromatic rings. The summed E-state index contributed by atoms with van der Waals surface area (Å²) in [6, 6.07) is 15.5. The molecule has 0 aromatic heterocycles. The van der Waals surface area contributed by atoms with E-state index in [1.165, 1.54) is 5.56 Å². The Bertz CT molecular complexity index is 945. The van der Waals surface area contributed by atoms with Gasteiger partial charge in [0.05, 0.1) is 0 Å². The van der Waals surface area contributed by atoms with Crippen LogP contribution < -0.4 is 9.47 Å². The van der Waals surface area contributed by atoms with Crippen LogP contribution in [0.1, 0.15) is 17.5 Å². The van der Waals surface area contributed by atoms with Crippen LogP contribution >= 0.6 is 0 Å². The summed E-state index contributed by atoms with van der Waals surface area (Å²) < 4.78 is 16.2. The molecular formula is C27H32O4Si. The van der Waals surface area contributed by atoms with Gasteiger partial charge in [-0.15, -0.1) is 6.42 Å². The number of hydrogen-bond acceptors (Lipinski definition) is 4. The van der Waals surface area contributed by atoms with Crippen LogP contribution in [0.25, 0.3) is 6.08 Å².